The Labute approximate surface area is 148 Å². The number of nitrogens with one attached hydrogen (secondary N) is 1. The van der Waals surface area contributed by atoms with E-state index in [1.165, 1.54) is 23.4 Å². The van der Waals surface area contributed by atoms with Crippen molar-refractivity contribution >= 4 is 25.8 Å². The van der Waals surface area contributed by atoms with Gasteiger partial charge in [0.25, 0.3) is 0 Å². The highest BCUT2D eigenvalue weighted by Gasteiger charge is 2.38. The summed E-state index contributed by atoms with van der Waals surface area (Å²) >= 11 is 0. The van der Waals surface area contributed by atoms with Crippen LogP contribution in [-0.4, -0.2) is 57.7 Å². The van der Waals surface area contributed by atoms with Gasteiger partial charge < -0.3 is 11.1 Å². The lowest BCUT2D eigenvalue weighted by molar-refractivity contribution is -0.119. The summed E-state index contributed by atoms with van der Waals surface area (Å²) in [5.41, 5.74) is 6.30. The van der Waals surface area contributed by atoms with Crippen LogP contribution in [0.3, 0.4) is 0 Å². The van der Waals surface area contributed by atoms with Gasteiger partial charge in [-0.25, -0.2) is 16.8 Å². The van der Waals surface area contributed by atoms with Gasteiger partial charge >= 0.3 is 0 Å². The van der Waals surface area contributed by atoms with Crippen molar-refractivity contribution in [1.29, 1.82) is 0 Å². The molecule has 0 aliphatic carbocycles. The molecule has 1 aromatic carbocycles. The zero-order chi connectivity index (χ0) is 18.7. The van der Waals surface area contributed by atoms with Crippen LogP contribution < -0.4 is 11.1 Å². The maximum Gasteiger partial charge on any atom is 0.243 e. The van der Waals surface area contributed by atoms with Crippen molar-refractivity contribution in [2.45, 2.75) is 30.8 Å². The van der Waals surface area contributed by atoms with E-state index in [0.717, 1.165) is 5.56 Å². The second kappa shape index (κ2) is 7.81. The Morgan fingerprint density at radius 2 is 1.96 bits per heavy atom. The minimum atomic E-state index is -3.84. The molecule has 0 aromatic heterocycles. The average molecular weight is 389 g/mol. The van der Waals surface area contributed by atoms with E-state index in [0.29, 0.717) is 6.54 Å². The fourth-order valence-electron chi connectivity index (χ4n) is 2.77. The Hall–Kier alpha value is -1.49. The smallest absolute Gasteiger partial charge is 0.243 e. The summed E-state index contributed by atoms with van der Waals surface area (Å²) in [5, 5.41) is 2.63. The number of carbonyl (C=O) groups excluding carboxylic acids is 1. The Morgan fingerprint density at radius 1 is 1.32 bits per heavy atom. The van der Waals surface area contributed by atoms with E-state index in [4.69, 9.17) is 5.73 Å². The molecular weight excluding hydrogens is 366 g/mol. The monoisotopic (exact) mass is 389 g/mol. The molecule has 1 heterocycles. The van der Waals surface area contributed by atoms with Crippen LogP contribution in [0, 0.1) is 0 Å². The molecule has 1 aromatic rings. The van der Waals surface area contributed by atoms with Gasteiger partial charge in [0.05, 0.1) is 16.4 Å². The lowest BCUT2D eigenvalue weighted by Crippen LogP contribution is -2.43. The first kappa shape index (κ1) is 19.8. The van der Waals surface area contributed by atoms with Crippen LogP contribution in [0.4, 0.5) is 0 Å². The van der Waals surface area contributed by atoms with E-state index in [2.05, 4.69) is 5.32 Å². The average Bonchev–Trinajstić information content (AvgIpc) is 2.90. The Morgan fingerprint density at radius 3 is 2.44 bits per heavy atom. The van der Waals surface area contributed by atoms with Crippen molar-refractivity contribution < 1.29 is 21.6 Å². The van der Waals surface area contributed by atoms with Crippen molar-refractivity contribution in [3.8, 4) is 0 Å². The fourth-order valence-corrected chi connectivity index (χ4v) is 6.26. The number of sulfone groups is 1. The van der Waals surface area contributed by atoms with Crippen LogP contribution in [0.5, 0.6) is 0 Å². The molecule has 1 aliphatic rings. The quantitative estimate of drug-likeness (QED) is 0.645. The zero-order valence-electron chi connectivity index (χ0n) is 14.0. The summed E-state index contributed by atoms with van der Waals surface area (Å²) in [6.45, 7) is 1.88. The van der Waals surface area contributed by atoms with E-state index >= 15 is 0 Å². The second-order valence-electron chi connectivity index (χ2n) is 6.01. The van der Waals surface area contributed by atoms with Crippen LogP contribution in [0.15, 0.2) is 29.2 Å². The standard InChI is InChI=1S/C15H23N3O5S2/c1-12(19)17-10-13-2-4-15(5-3-13)25(22,23)18(8-7-16)14-6-9-24(20,21)11-14/h2-5,14H,6-11,16H2,1H3,(H,17,19)/t14-/m1/s1. The normalized spacial score (nSPS) is 19.9. The third-order valence-electron chi connectivity index (χ3n) is 4.04. The van der Waals surface area contributed by atoms with E-state index in [-0.39, 0.29) is 41.8 Å². The second-order valence-corrected chi connectivity index (χ2v) is 10.1. The maximum absolute atomic E-state index is 12.9. The van der Waals surface area contributed by atoms with Crippen LogP contribution in [0.1, 0.15) is 18.9 Å². The highest BCUT2D eigenvalue weighted by Crippen LogP contribution is 2.25. The number of hydrogen-bond acceptors (Lipinski definition) is 6. The maximum atomic E-state index is 12.9. The molecular formula is C15H23N3O5S2. The summed E-state index contributed by atoms with van der Waals surface area (Å²) in [4.78, 5) is 11.0. The molecule has 0 radical (unpaired) electrons. The Bertz CT molecular complexity index is 819. The molecule has 0 spiro atoms. The fraction of sp³-hybridized carbons (Fsp3) is 0.533. The number of rotatable bonds is 7. The molecule has 8 nitrogen and oxygen atoms in total. The predicted octanol–water partition coefficient (Wildman–Crippen LogP) is -0.541. The van der Waals surface area contributed by atoms with E-state index in [1.54, 1.807) is 12.1 Å². The first-order chi connectivity index (χ1) is 11.7. The van der Waals surface area contributed by atoms with Crippen molar-refractivity contribution in [3.05, 3.63) is 29.8 Å². The van der Waals surface area contributed by atoms with Crippen LogP contribution in [0.2, 0.25) is 0 Å². The first-order valence-corrected chi connectivity index (χ1v) is 11.2. The van der Waals surface area contributed by atoms with Crippen LogP contribution >= 0.6 is 0 Å². The van der Waals surface area contributed by atoms with Gasteiger partial charge in [0.1, 0.15) is 0 Å². The summed E-state index contributed by atoms with van der Waals surface area (Å²) in [5.74, 6) is -0.357. The minimum Gasteiger partial charge on any atom is -0.352 e. The lowest BCUT2D eigenvalue weighted by atomic mass is 10.2. The van der Waals surface area contributed by atoms with Gasteiger partial charge in [0.2, 0.25) is 15.9 Å². The molecule has 1 atom stereocenters. The Kier molecular flexibility index (Phi) is 6.20. The van der Waals surface area contributed by atoms with Crippen molar-refractivity contribution in [1.82, 2.24) is 9.62 Å². The number of benzene rings is 1. The molecule has 1 aliphatic heterocycles. The third kappa shape index (κ3) is 5.00. The zero-order valence-corrected chi connectivity index (χ0v) is 15.6. The molecule has 0 bridgehead atoms. The summed E-state index contributed by atoms with van der Waals surface area (Å²) in [7, 11) is -7.05. The van der Waals surface area contributed by atoms with Crippen molar-refractivity contribution in [3.63, 3.8) is 0 Å². The van der Waals surface area contributed by atoms with Gasteiger partial charge in [0, 0.05) is 32.6 Å². The number of amides is 1. The number of hydrogen-bond donors (Lipinski definition) is 2. The molecule has 0 saturated carbocycles. The molecule has 2 rings (SSSR count). The van der Waals surface area contributed by atoms with Crippen LogP contribution in [-0.2, 0) is 31.2 Å². The first-order valence-electron chi connectivity index (χ1n) is 7.91. The molecule has 0 unspecified atom stereocenters. The largest absolute Gasteiger partial charge is 0.352 e. The highest BCUT2D eigenvalue weighted by atomic mass is 32.2. The SMILES string of the molecule is CC(=O)NCc1ccc(S(=O)(=O)N(CCN)[C@@H]2CCS(=O)(=O)C2)cc1. The summed E-state index contributed by atoms with van der Waals surface area (Å²) in [6, 6.07) is 5.57. The van der Waals surface area contributed by atoms with Gasteiger partial charge in [-0.3, -0.25) is 4.79 Å². The highest BCUT2D eigenvalue weighted by molar-refractivity contribution is 7.92. The van der Waals surface area contributed by atoms with Gasteiger partial charge in [0.15, 0.2) is 9.84 Å². The van der Waals surface area contributed by atoms with Gasteiger partial charge in [-0.1, -0.05) is 12.1 Å². The number of nitrogens with two attached hydrogens (primary N) is 1. The number of sulfonamides is 1. The molecule has 3 N–H and O–H groups in total. The molecule has 1 saturated heterocycles. The van der Waals surface area contributed by atoms with Crippen molar-refractivity contribution in [2.24, 2.45) is 5.73 Å². The van der Waals surface area contributed by atoms with E-state index < -0.39 is 25.9 Å². The molecule has 1 amide bonds. The van der Waals surface area contributed by atoms with Crippen LogP contribution in [0.25, 0.3) is 0 Å². The topological polar surface area (TPSA) is 127 Å². The summed E-state index contributed by atoms with van der Waals surface area (Å²) < 4.78 is 50.4. The van der Waals surface area contributed by atoms with Gasteiger partial charge in [-0.15, -0.1) is 0 Å². The third-order valence-corrected chi connectivity index (χ3v) is 7.75. The lowest BCUT2D eigenvalue weighted by Gasteiger charge is -2.27. The molecule has 10 heteroatoms. The van der Waals surface area contributed by atoms with Gasteiger partial charge in [-0.2, -0.15) is 4.31 Å². The molecule has 25 heavy (non-hydrogen) atoms. The molecule has 140 valence electrons. The summed E-state index contributed by atoms with van der Waals surface area (Å²) in [6.07, 6.45) is 0.280. The van der Waals surface area contributed by atoms with Crippen molar-refractivity contribution in [2.75, 3.05) is 24.6 Å². The Balaban J connectivity index is 2.23. The van der Waals surface area contributed by atoms with Gasteiger partial charge in [-0.05, 0) is 24.1 Å². The minimum absolute atomic E-state index is 0.0100. The number of nitrogens with zero attached hydrogens (tertiary/aromatic N) is 1. The molecule has 1 fully saturated rings. The van der Waals surface area contributed by atoms with E-state index in [9.17, 15) is 21.6 Å². The number of carbonyl (C=O) groups is 1. The predicted molar refractivity (Wildman–Crippen MR) is 94.0 cm³/mol. The van der Waals surface area contributed by atoms with E-state index in [1.807, 2.05) is 0 Å².